The number of carbonyl (C=O) groups excluding carboxylic acids is 1. The van der Waals surface area contributed by atoms with Crippen LogP contribution in [0.4, 0.5) is 21.5 Å². The fraction of sp³-hybridized carbons (Fsp3) is 0. The lowest BCUT2D eigenvalue weighted by molar-refractivity contribution is -0.110. The van der Waals surface area contributed by atoms with Gasteiger partial charge in [0, 0.05) is 22.6 Å². The third-order valence-corrected chi connectivity index (χ3v) is 3.64. The molecule has 5 nitrogen and oxygen atoms in total. The molecule has 7 heteroatoms. The third-order valence-electron chi connectivity index (χ3n) is 2.78. The molecule has 0 spiro atoms. The van der Waals surface area contributed by atoms with Crippen LogP contribution in [0.5, 0.6) is 0 Å². The van der Waals surface area contributed by atoms with Crippen LogP contribution in [0.15, 0.2) is 40.9 Å². The molecule has 108 valence electrons. The van der Waals surface area contributed by atoms with Crippen molar-refractivity contribution in [3.63, 3.8) is 0 Å². The van der Waals surface area contributed by atoms with Crippen LogP contribution >= 0.6 is 15.9 Å². The number of anilines is 3. The predicted molar refractivity (Wildman–Crippen MR) is 84.8 cm³/mol. The number of hydrogen-bond donors (Lipinski definition) is 4. The van der Waals surface area contributed by atoms with Crippen LogP contribution in [-0.4, -0.2) is 11.6 Å². The van der Waals surface area contributed by atoms with Crippen molar-refractivity contribution in [1.82, 2.24) is 0 Å². The van der Waals surface area contributed by atoms with Gasteiger partial charge in [-0.1, -0.05) is 0 Å². The monoisotopic (exact) mass is 350 g/mol. The van der Waals surface area contributed by atoms with Crippen LogP contribution in [0.25, 0.3) is 0 Å². The Labute approximate surface area is 128 Å². The number of nitrogens with one attached hydrogen (secondary N) is 2. The molecular weight excluding hydrogens is 339 g/mol. The van der Waals surface area contributed by atoms with Crippen LogP contribution in [0, 0.1) is 11.2 Å². The predicted octanol–water partition coefficient (Wildman–Crippen LogP) is 2.76. The minimum absolute atomic E-state index is 0.217. The number of benzene rings is 2. The number of amides is 1. The first kappa shape index (κ1) is 15.0. The number of halogens is 2. The van der Waals surface area contributed by atoms with Gasteiger partial charge < -0.3 is 16.8 Å². The molecule has 0 fully saturated rings. The second-order valence-electron chi connectivity index (χ2n) is 4.27. The fourth-order valence-electron chi connectivity index (χ4n) is 1.70. The molecule has 0 heterocycles. The third kappa shape index (κ3) is 3.19. The number of rotatable bonds is 3. The molecule has 2 rings (SSSR count). The van der Waals surface area contributed by atoms with Crippen molar-refractivity contribution in [1.29, 1.82) is 5.41 Å². The van der Waals surface area contributed by atoms with E-state index in [-0.39, 0.29) is 17.0 Å². The second-order valence-corrected chi connectivity index (χ2v) is 5.06. The van der Waals surface area contributed by atoms with E-state index in [1.807, 2.05) is 0 Å². The molecule has 0 aliphatic carbocycles. The van der Waals surface area contributed by atoms with Gasteiger partial charge in [0.1, 0.15) is 11.5 Å². The largest absolute Gasteiger partial charge is 0.398 e. The zero-order chi connectivity index (χ0) is 15.6. The molecule has 0 atom stereocenters. The summed E-state index contributed by atoms with van der Waals surface area (Å²) in [6.07, 6.45) is 0. The summed E-state index contributed by atoms with van der Waals surface area (Å²) in [6.45, 7) is 0. The summed E-state index contributed by atoms with van der Waals surface area (Å²) >= 11 is 3.22. The van der Waals surface area contributed by atoms with E-state index >= 15 is 0 Å². The molecule has 2 aromatic carbocycles. The molecule has 0 aliphatic rings. The van der Waals surface area contributed by atoms with E-state index in [2.05, 4.69) is 21.2 Å². The fourth-order valence-corrected chi connectivity index (χ4v) is 2.26. The molecule has 0 aromatic heterocycles. The summed E-state index contributed by atoms with van der Waals surface area (Å²) in [5.74, 6) is -1.08. The number of nitrogens with two attached hydrogens (primary N) is 2. The van der Waals surface area contributed by atoms with Crippen LogP contribution < -0.4 is 16.8 Å². The lowest BCUT2D eigenvalue weighted by Crippen LogP contribution is -2.24. The van der Waals surface area contributed by atoms with Gasteiger partial charge >= 0.3 is 0 Å². The van der Waals surface area contributed by atoms with Crippen molar-refractivity contribution in [2.24, 2.45) is 0 Å². The Hall–Kier alpha value is -2.41. The normalized spacial score (nSPS) is 10.2. The lowest BCUT2D eigenvalue weighted by atomic mass is 10.1. The highest BCUT2D eigenvalue weighted by Crippen LogP contribution is 2.29. The molecule has 0 bridgehead atoms. The summed E-state index contributed by atoms with van der Waals surface area (Å²) in [7, 11) is 0. The van der Waals surface area contributed by atoms with Crippen molar-refractivity contribution in [3.8, 4) is 0 Å². The Bertz CT molecular complexity index is 716. The van der Waals surface area contributed by atoms with Gasteiger partial charge in [-0.25, -0.2) is 4.39 Å². The van der Waals surface area contributed by atoms with Crippen LogP contribution in [0.1, 0.15) is 5.56 Å². The summed E-state index contributed by atoms with van der Waals surface area (Å²) in [6, 6.07) is 8.33. The molecule has 0 unspecified atom stereocenters. The number of nitrogen functional groups attached to an aromatic ring is 2. The minimum atomic E-state index is -0.667. The highest BCUT2D eigenvalue weighted by Gasteiger charge is 2.19. The maximum Gasteiger partial charge on any atom is 0.274 e. The number of carbonyl (C=O) groups is 1. The minimum Gasteiger partial charge on any atom is -0.398 e. The van der Waals surface area contributed by atoms with Gasteiger partial charge in [0.2, 0.25) is 0 Å². The highest BCUT2D eigenvalue weighted by molar-refractivity contribution is 9.10. The first-order valence-corrected chi connectivity index (χ1v) is 6.68. The van der Waals surface area contributed by atoms with Gasteiger partial charge in [-0.3, -0.25) is 10.2 Å². The van der Waals surface area contributed by atoms with E-state index in [1.54, 1.807) is 6.07 Å². The quantitative estimate of drug-likeness (QED) is 0.505. The maximum absolute atomic E-state index is 12.8. The Morgan fingerprint density at radius 2 is 1.67 bits per heavy atom. The second kappa shape index (κ2) is 5.92. The van der Waals surface area contributed by atoms with Crippen molar-refractivity contribution in [3.05, 3.63) is 52.3 Å². The molecular formula is C14H12BrFN4O. The van der Waals surface area contributed by atoms with Crippen LogP contribution in [0.2, 0.25) is 0 Å². The standard InChI is InChI=1S/C14H12BrFN4O/c15-12-10(18)6-5-9(17)11(12)13(19)14(21)20-8-3-1-7(16)2-4-8/h1-6,19H,17-18H2,(H,20,21). The SMILES string of the molecule is N=C(C(=O)Nc1ccc(F)cc1)c1c(N)ccc(N)c1Br. The Morgan fingerprint density at radius 1 is 1.10 bits per heavy atom. The van der Waals surface area contributed by atoms with E-state index in [1.165, 1.54) is 30.3 Å². The Morgan fingerprint density at radius 3 is 2.29 bits per heavy atom. The molecule has 21 heavy (non-hydrogen) atoms. The molecule has 0 radical (unpaired) electrons. The molecule has 0 saturated carbocycles. The highest BCUT2D eigenvalue weighted by atomic mass is 79.9. The number of hydrogen-bond acceptors (Lipinski definition) is 4. The average molecular weight is 351 g/mol. The zero-order valence-corrected chi connectivity index (χ0v) is 12.4. The van der Waals surface area contributed by atoms with Crippen LogP contribution in [-0.2, 0) is 4.79 Å². The van der Waals surface area contributed by atoms with E-state index in [0.717, 1.165) is 0 Å². The van der Waals surface area contributed by atoms with Crippen LogP contribution in [0.3, 0.4) is 0 Å². The topological polar surface area (TPSA) is 105 Å². The summed E-state index contributed by atoms with van der Waals surface area (Å²) < 4.78 is 13.2. The maximum atomic E-state index is 12.8. The smallest absolute Gasteiger partial charge is 0.274 e. The van der Waals surface area contributed by atoms with Crippen molar-refractivity contribution in [2.75, 3.05) is 16.8 Å². The van der Waals surface area contributed by atoms with Gasteiger partial charge in [-0.2, -0.15) is 0 Å². The van der Waals surface area contributed by atoms with Gasteiger partial charge in [-0.15, -0.1) is 0 Å². The Kier molecular flexibility index (Phi) is 4.23. The van der Waals surface area contributed by atoms with E-state index in [9.17, 15) is 9.18 Å². The lowest BCUT2D eigenvalue weighted by Gasteiger charge is -2.12. The summed E-state index contributed by atoms with van der Waals surface area (Å²) in [5.41, 5.74) is 12.4. The molecule has 6 N–H and O–H groups in total. The molecule has 0 saturated heterocycles. The van der Waals surface area contributed by atoms with Crippen molar-refractivity contribution >= 4 is 44.6 Å². The molecule has 1 amide bonds. The van der Waals surface area contributed by atoms with Gasteiger partial charge in [0.05, 0.1) is 4.47 Å². The average Bonchev–Trinajstić information content (AvgIpc) is 2.45. The first-order valence-electron chi connectivity index (χ1n) is 5.89. The summed E-state index contributed by atoms with van der Waals surface area (Å²) in [4.78, 5) is 12.1. The summed E-state index contributed by atoms with van der Waals surface area (Å²) in [5, 5.41) is 10.4. The first-order chi connectivity index (χ1) is 9.90. The molecule has 0 aliphatic heterocycles. The van der Waals surface area contributed by atoms with Gasteiger partial charge in [0.15, 0.2) is 0 Å². The van der Waals surface area contributed by atoms with Gasteiger partial charge in [-0.05, 0) is 52.3 Å². The van der Waals surface area contributed by atoms with E-state index in [4.69, 9.17) is 16.9 Å². The van der Waals surface area contributed by atoms with E-state index < -0.39 is 11.7 Å². The van der Waals surface area contributed by atoms with Gasteiger partial charge in [0.25, 0.3) is 5.91 Å². The zero-order valence-electron chi connectivity index (χ0n) is 10.8. The Balaban J connectivity index is 2.26. The molecule has 2 aromatic rings. The van der Waals surface area contributed by atoms with E-state index in [0.29, 0.717) is 15.8 Å². The van der Waals surface area contributed by atoms with Crippen molar-refractivity contribution < 1.29 is 9.18 Å². The van der Waals surface area contributed by atoms with Crippen molar-refractivity contribution in [2.45, 2.75) is 0 Å².